The van der Waals surface area contributed by atoms with E-state index in [1.165, 1.54) is 42.7 Å². The van der Waals surface area contributed by atoms with Crippen LogP contribution in [0.3, 0.4) is 0 Å². The number of pyridine rings is 1. The summed E-state index contributed by atoms with van der Waals surface area (Å²) in [6.07, 6.45) is -1.66. The third kappa shape index (κ3) is 6.09. The fourth-order valence-electron chi connectivity index (χ4n) is 2.82. The van der Waals surface area contributed by atoms with E-state index in [1.807, 2.05) is 0 Å². The van der Waals surface area contributed by atoms with Crippen LogP contribution in [0.15, 0.2) is 72.6 Å². The molecule has 4 nitrogen and oxygen atoms in total. The SMILES string of the molecule is O=C(OCc1cccc(C(F)(F)F)c1)/C(=C\c1ccc(Cl)c(Cl)c1)C(O)c1cccnc1. The van der Waals surface area contributed by atoms with Crippen molar-refractivity contribution in [2.45, 2.75) is 18.9 Å². The smallest absolute Gasteiger partial charge is 0.416 e. The van der Waals surface area contributed by atoms with E-state index in [0.29, 0.717) is 16.1 Å². The molecule has 9 heteroatoms. The molecule has 3 aromatic rings. The number of aliphatic hydroxyl groups excluding tert-OH is 1. The molecule has 0 radical (unpaired) electrons. The third-order valence-electron chi connectivity index (χ3n) is 4.42. The van der Waals surface area contributed by atoms with E-state index in [9.17, 15) is 23.1 Å². The van der Waals surface area contributed by atoms with Gasteiger partial charge >= 0.3 is 12.1 Å². The van der Waals surface area contributed by atoms with Crippen LogP contribution < -0.4 is 0 Å². The van der Waals surface area contributed by atoms with Crippen molar-refractivity contribution >= 4 is 35.2 Å². The highest BCUT2D eigenvalue weighted by Gasteiger charge is 2.30. The van der Waals surface area contributed by atoms with Crippen LogP contribution in [0.5, 0.6) is 0 Å². The molecule has 0 fully saturated rings. The largest absolute Gasteiger partial charge is 0.457 e. The Balaban J connectivity index is 1.88. The number of carbonyl (C=O) groups is 1. The number of hydrogen-bond acceptors (Lipinski definition) is 4. The number of benzene rings is 2. The van der Waals surface area contributed by atoms with Gasteiger partial charge in [-0.2, -0.15) is 13.2 Å². The maximum Gasteiger partial charge on any atom is 0.416 e. The van der Waals surface area contributed by atoms with Gasteiger partial charge in [-0.1, -0.05) is 47.5 Å². The Labute approximate surface area is 191 Å². The Bertz CT molecular complexity index is 1130. The van der Waals surface area contributed by atoms with Gasteiger partial charge in [0.05, 0.1) is 21.2 Å². The van der Waals surface area contributed by atoms with Gasteiger partial charge in [0.2, 0.25) is 0 Å². The minimum atomic E-state index is -4.52. The lowest BCUT2D eigenvalue weighted by Crippen LogP contribution is -2.15. The van der Waals surface area contributed by atoms with Crippen molar-refractivity contribution in [1.29, 1.82) is 0 Å². The van der Waals surface area contributed by atoms with Crippen molar-refractivity contribution in [3.8, 4) is 0 Å². The number of ether oxygens (including phenoxy) is 1. The summed E-state index contributed by atoms with van der Waals surface area (Å²) in [4.78, 5) is 16.7. The molecular formula is C23H16Cl2F3NO3. The first-order valence-corrected chi connectivity index (χ1v) is 9.98. The van der Waals surface area contributed by atoms with E-state index in [-0.39, 0.29) is 16.2 Å². The number of aliphatic hydroxyl groups is 1. The third-order valence-corrected chi connectivity index (χ3v) is 5.16. The second-order valence-corrected chi connectivity index (χ2v) is 7.55. The van der Waals surface area contributed by atoms with Crippen LogP contribution >= 0.6 is 23.2 Å². The zero-order valence-electron chi connectivity index (χ0n) is 16.3. The molecule has 1 heterocycles. The van der Waals surface area contributed by atoms with E-state index in [0.717, 1.165) is 12.1 Å². The van der Waals surface area contributed by atoms with Gasteiger partial charge in [-0.05, 0) is 47.5 Å². The number of halogens is 5. The molecule has 0 spiro atoms. The fourth-order valence-corrected chi connectivity index (χ4v) is 3.12. The second kappa shape index (κ2) is 10.2. The number of hydrogen-bond donors (Lipinski definition) is 1. The number of esters is 1. The molecule has 1 aromatic heterocycles. The summed E-state index contributed by atoms with van der Waals surface area (Å²) < 4.78 is 44.0. The zero-order valence-corrected chi connectivity index (χ0v) is 17.8. The molecule has 0 saturated heterocycles. The molecule has 0 amide bonds. The number of carbonyl (C=O) groups excluding carboxylic acids is 1. The number of alkyl halides is 3. The first-order chi connectivity index (χ1) is 15.1. The average molecular weight is 482 g/mol. The Morgan fingerprint density at radius 3 is 2.53 bits per heavy atom. The highest BCUT2D eigenvalue weighted by atomic mass is 35.5. The lowest BCUT2D eigenvalue weighted by molar-refractivity contribution is -0.141. The highest BCUT2D eigenvalue weighted by molar-refractivity contribution is 6.42. The summed E-state index contributed by atoms with van der Waals surface area (Å²) in [7, 11) is 0. The normalized spacial score (nSPS) is 13.0. The average Bonchev–Trinajstić information content (AvgIpc) is 2.78. The van der Waals surface area contributed by atoms with Gasteiger partial charge in [0.1, 0.15) is 12.7 Å². The molecule has 2 aromatic carbocycles. The van der Waals surface area contributed by atoms with Gasteiger partial charge in [-0.15, -0.1) is 0 Å². The predicted octanol–water partition coefficient (Wildman–Crippen LogP) is 6.27. The monoisotopic (exact) mass is 481 g/mol. The first kappa shape index (κ1) is 23.8. The van der Waals surface area contributed by atoms with Gasteiger partial charge < -0.3 is 9.84 Å². The van der Waals surface area contributed by atoms with Crippen LogP contribution in [0, 0.1) is 0 Å². The molecule has 166 valence electrons. The minimum Gasteiger partial charge on any atom is -0.457 e. The predicted molar refractivity (Wildman–Crippen MR) is 115 cm³/mol. The molecule has 0 saturated carbocycles. The summed E-state index contributed by atoms with van der Waals surface area (Å²) in [5.74, 6) is -0.912. The molecule has 1 N–H and O–H groups in total. The minimum absolute atomic E-state index is 0.150. The highest BCUT2D eigenvalue weighted by Crippen LogP contribution is 2.30. The Morgan fingerprint density at radius 2 is 1.88 bits per heavy atom. The van der Waals surface area contributed by atoms with Gasteiger partial charge in [-0.3, -0.25) is 4.98 Å². The van der Waals surface area contributed by atoms with Crippen molar-refractivity contribution in [1.82, 2.24) is 4.98 Å². The van der Waals surface area contributed by atoms with Gasteiger partial charge in [0.25, 0.3) is 0 Å². The standard InChI is InChI=1S/C23H16Cl2F3NO3/c24-19-7-6-14(11-20(19)25)10-18(21(30)16-4-2-8-29-12-16)22(31)32-13-15-3-1-5-17(9-15)23(26,27)28/h1-12,21,30H,13H2/b18-10-. The van der Waals surface area contributed by atoms with E-state index in [2.05, 4.69) is 4.98 Å². The van der Waals surface area contributed by atoms with E-state index >= 15 is 0 Å². The van der Waals surface area contributed by atoms with Crippen LogP contribution in [0.25, 0.3) is 6.08 Å². The van der Waals surface area contributed by atoms with E-state index in [1.54, 1.807) is 18.2 Å². The van der Waals surface area contributed by atoms with Crippen LogP contribution in [0.1, 0.15) is 28.4 Å². The van der Waals surface area contributed by atoms with E-state index < -0.39 is 30.4 Å². The van der Waals surface area contributed by atoms with Gasteiger partial charge in [-0.25, -0.2) is 4.79 Å². The van der Waals surface area contributed by atoms with Crippen molar-refractivity contribution in [3.05, 3.63) is 105 Å². The summed E-state index contributed by atoms with van der Waals surface area (Å²) in [5.41, 5.74) is -0.0579. The maximum absolute atomic E-state index is 12.9. The van der Waals surface area contributed by atoms with Gasteiger partial charge in [0, 0.05) is 18.0 Å². The molecule has 0 aliphatic heterocycles. The lowest BCUT2D eigenvalue weighted by atomic mass is 10.0. The fraction of sp³-hybridized carbons (Fsp3) is 0.130. The van der Waals surface area contributed by atoms with E-state index in [4.69, 9.17) is 27.9 Å². The number of rotatable bonds is 6. The van der Waals surface area contributed by atoms with Crippen molar-refractivity contribution in [2.75, 3.05) is 0 Å². The Hall–Kier alpha value is -2.87. The lowest BCUT2D eigenvalue weighted by Gasteiger charge is -2.15. The maximum atomic E-state index is 12.9. The van der Waals surface area contributed by atoms with Crippen molar-refractivity contribution < 1.29 is 27.8 Å². The van der Waals surface area contributed by atoms with Crippen LogP contribution in [0.4, 0.5) is 13.2 Å². The van der Waals surface area contributed by atoms with Crippen LogP contribution in [-0.2, 0) is 22.3 Å². The molecule has 1 unspecified atom stereocenters. The summed E-state index contributed by atoms with van der Waals surface area (Å²) >= 11 is 11.9. The zero-order chi connectivity index (χ0) is 23.3. The molecular weight excluding hydrogens is 466 g/mol. The quantitative estimate of drug-likeness (QED) is 0.333. The number of aromatic nitrogens is 1. The molecule has 1 atom stereocenters. The Kier molecular flexibility index (Phi) is 7.56. The second-order valence-electron chi connectivity index (χ2n) is 6.74. The van der Waals surface area contributed by atoms with Crippen molar-refractivity contribution in [3.63, 3.8) is 0 Å². The van der Waals surface area contributed by atoms with Gasteiger partial charge in [0.15, 0.2) is 0 Å². The topological polar surface area (TPSA) is 59.4 Å². The molecule has 3 rings (SSSR count). The summed E-state index contributed by atoms with van der Waals surface area (Å²) in [6.45, 7) is -0.415. The van der Waals surface area contributed by atoms with Crippen LogP contribution in [0.2, 0.25) is 10.0 Å². The summed E-state index contributed by atoms with van der Waals surface area (Å²) in [5, 5.41) is 11.3. The van der Waals surface area contributed by atoms with Crippen molar-refractivity contribution in [2.24, 2.45) is 0 Å². The van der Waals surface area contributed by atoms with Crippen LogP contribution in [-0.4, -0.2) is 16.1 Å². The molecule has 0 aliphatic carbocycles. The summed E-state index contributed by atoms with van der Waals surface area (Å²) in [6, 6.07) is 12.2. The number of nitrogens with zero attached hydrogens (tertiary/aromatic N) is 1. The first-order valence-electron chi connectivity index (χ1n) is 9.23. The Morgan fingerprint density at radius 1 is 1.09 bits per heavy atom. The molecule has 32 heavy (non-hydrogen) atoms. The molecule has 0 aliphatic rings. The molecule has 0 bridgehead atoms.